The number of halogens is 1. The van der Waals surface area contributed by atoms with Gasteiger partial charge in [-0.1, -0.05) is 35.9 Å². The molecule has 0 radical (unpaired) electrons. The SMILES string of the molecule is CN1CC(=O)N(c2ccc(-c3cccc(N4CCC(=O)NC4=O)c3Cl)cc2)C(C)(C)C1. The molecular formula is C23H25ClN4O3. The molecule has 2 fully saturated rings. The Bertz CT molecular complexity index is 1050. The van der Waals surface area contributed by atoms with Crippen LogP contribution >= 0.6 is 11.6 Å². The van der Waals surface area contributed by atoms with Crippen molar-refractivity contribution < 1.29 is 14.4 Å². The third kappa shape index (κ3) is 4.03. The van der Waals surface area contributed by atoms with Gasteiger partial charge in [0.1, 0.15) is 0 Å². The molecule has 1 N–H and O–H groups in total. The number of carbonyl (C=O) groups excluding carboxylic acids is 3. The molecule has 2 aliphatic heterocycles. The van der Waals surface area contributed by atoms with Crippen LogP contribution < -0.4 is 15.1 Å². The normalized spacial score (nSPS) is 19.5. The summed E-state index contributed by atoms with van der Waals surface area (Å²) < 4.78 is 0. The van der Waals surface area contributed by atoms with Crippen LogP contribution in [0.3, 0.4) is 0 Å². The van der Waals surface area contributed by atoms with Crippen molar-refractivity contribution in [1.82, 2.24) is 10.2 Å². The van der Waals surface area contributed by atoms with E-state index in [2.05, 4.69) is 19.2 Å². The maximum absolute atomic E-state index is 12.7. The number of imide groups is 1. The lowest BCUT2D eigenvalue weighted by Crippen LogP contribution is -2.61. The summed E-state index contributed by atoms with van der Waals surface area (Å²) in [5, 5.41) is 2.76. The number of anilines is 2. The summed E-state index contributed by atoms with van der Waals surface area (Å²) in [7, 11) is 1.95. The van der Waals surface area contributed by atoms with Gasteiger partial charge in [0, 0.05) is 30.8 Å². The van der Waals surface area contributed by atoms with Gasteiger partial charge in [-0.05, 0) is 44.7 Å². The van der Waals surface area contributed by atoms with E-state index >= 15 is 0 Å². The first-order valence-corrected chi connectivity index (χ1v) is 10.6. The molecule has 31 heavy (non-hydrogen) atoms. The van der Waals surface area contributed by atoms with Crippen molar-refractivity contribution in [2.75, 3.05) is 36.5 Å². The highest BCUT2D eigenvalue weighted by atomic mass is 35.5. The highest BCUT2D eigenvalue weighted by Gasteiger charge is 2.38. The van der Waals surface area contributed by atoms with Crippen molar-refractivity contribution in [3.63, 3.8) is 0 Å². The summed E-state index contributed by atoms with van der Waals surface area (Å²) in [6.07, 6.45) is 0.232. The molecule has 8 heteroatoms. The zero-order valence-corrected chi connectivity index (χ0v) is 18.6. The van der Waals surface area contributed by atoms with Crippen molar-refractivity contribution in [2.45, 2.75) is 25.8 Å². The summed E-state index contributed by atoms with van der Waals surface area (Å²) in [6.45, 7) is 5.58. The van der Waals surface area contributed by atoms with E-state index in [0.29, 0.717) is 17.3 Å². The highest BCUT2D eigenvalue weighted by Crippen LogP contribution is 2.38. The lowest BCUT2D eigenvalue weighted by molar-refractivity contribution is -0.123. The summed E-state index contributed by atoms with van der Waals surface area (Å²) in [5.74, 6) is -0.220. The van der Waals surface area contributed by atoms with Gasteiger partial charge in [0.15, 0.2) is 0 Å². The molecule has 2 saturated heterocycles. The van der Waals surface area contributed by atoms with Crippen LogP contribution in [0.1, 0.15) is 20.3 Å². The molecule has 4 rings (SSSR count). The van der Waals surface area contributed by atoms with Crippen LogP contribution in [0.5, 0.6) is 0 Å². The molecule has 162 valence electrons. The van der Waals surface area contributed by atoms with Crippen LogP contribution in [0.4, 0.5) is 16.2 Å². The number of amides is 4. The van der Waals surface area contributed by atoms with E-state index in [0.717, 1.165) is 23.4 Å². The average Bonchev–Trinajstić information content (AvgIpc) is 2.68. The molecule has 2 heterocycles. The molecule has 7 nitrogen and oxygen atoms in total. The van der Waals surface area contributed by atoms with Gasteiger partial charge in [0.25, 0.3) is 0 Å². The Morgan fingerprint density at radius 3 is 2.39 bits per heavy atom. The van der Waals surface area contributed by atoms with Gasteiger partial charge >= 0.3 is 6.03 Å². The molecule has 0 bridgehead atoms. The van der Waals surface area contributed by atoms with Gasteiger partial charge in [0.2, 0.25) is 11.8 Å². The number of likely N-dealkylation sites (N-methyl/N-ethyl adjacent to an activating group) is 1. The number of carbonyl (C=O) groups is 3. The number of nitrogens with zero attached hydrogens (tertiary/aromatic N) is 3. The lowest BCUT2D eigenvalue weighted by atomic mass is 9.96. The minimum atomic E-state index is -0.471. The minimum absolute atomic E-state index is 0.0668. The van der Waals surface area contributed by atoms with E-state index in [1.807, 2.05) is 53.2 Å². The highest BCUT2D eigenvalue weighted by molar-refractivity contribution is 6.36. The van der Waals surface area contributed by atoms with Crippen LogP contribution in [0.25, 0.3) is 11.1 Å². The maximum atomic E-state index is 12.7. The second-order valence-corrected chi connectivity index (χ2v) is 9.03. The number of urea groups is 1. The third-order valence-electron chi connectivity index (χ3n) is 5.68. The van der Waals surface area contributed by atoms with Crippen LogP contribution in [-0.2, 0) is 9.59 Å². The molecule has 2 aliphatic rings. The first-order chi connectivity index (χ1) is 14.7. The van der Waals surface area contributed by atoms with Gasteiger partial charge in [0.05, 0.1) is 22.8 Å². The van der Waals surface area contributed by atoms with Crippen LogP contribution in [0.2, 0.25) is 5.02 Å². The van der Waals surface area contributed by atoms with Crippen molar-refractivity contribution >= 4 is 40.8 Å². The van der Waals surface area contributed by atoms with E-state index in [1.165, 1.54) is 4.90 Å². The third-order valence-corrected chi connectivity index (χ3v) is 6.07. The Hall–Kier alpha value is -2.90. The van der Waals surface area contributed by atoms with E-state index < -0.39 is 6.03 Å². The van der Waals surface area contributed by atoms with Crippen LogP contribution in [0.15, 0.2) is 42.5 Å². The van der Waals surface area contributed by atoms with Crippen molar-refractivity contribution in [2.24, 2.45) is 0 Å². The number of hydrogen-bond acceptors (Lipinski definition) is 4. The number of rotatable bonds is 3. The fourth-order valence-corrected chi connectivity index (χ4v) is 4.79. The zero-order valence-electron chi connectivity index (χ0n) is 17.8. The Kier molecular flexibility index (Phi) is 5.49. The smallest absolute Gasteiger partial charge is 0.304 e. The van der Waals surface area contributed by atoms with Crippen LogP contribution in [-0.4, -0.2) is 55.0 Å². The van der Waals surface area contributed by atoms with Gasteiger partial charge in [-0.15, -0.1) is 0 Å². The van der Waals surface area contributed by atoms with E-state index in [1.54, 1.807) is 6.07 Å². The Morgan fingerprint density at radius 1 is 1.03 bits per heavy atom. The quantitative estimate of drug-likeness (QED) is 0.792. The molecule has 0 aliphatic carbocycles. The van der Waals surface area contributed by atoms with Gasteiger partial charge in [-0.25, -0.2) is 4.79 Å². The summed E-state index contributed by atoms with van der Waals surface area (Å²) >= 11 is 6.67. The zero-order chi connectivity index (χ0) is 22.3. The van der Waals surface area contributed by atoms with Crippen LogP contribution in [0, 0.1) is 0 Å². The maximum Gasteiger partial charge on any atom is 0.328 e. The number of nitrogens with one attached hydrogen (secondary N) is 1. The second kappa shape index (κ2) is 7.98. The number of piperazine rings is 1. The first kappa shape index (κ1) is 21.3. The predicted molar refractivity (Wildman–Crippen MR) is 121 cm³/mol. The Balaban J connectivity index is 1.64. The lowest BCUT2D eigenvalue weighted by Gasteiger charge is -2.45. The van der Waals surface area contributed by atoms with E-state index in [4.69, 9.17) is 11.6 Å². The van der Waals surface area contributed by atoms with Crippen molar-refractivity contribution in [1.29, 1.82) is 0 Å². The Morgan fingerprint density at radius 2 is 1.74 bits per heavy atom. The fraction of sp³-hybridized carbons (Fsp3) is 0.348. The van der Waals surface area contributed by atoms with Crippen molar-refractivity contribution in [3.8, 4) is 11.1 Å². The van der Waals surface area contributed by atoms with Gasteiger partial charge < -0.3 is 4.90 Å². The average molecular weight is 441 g/mol. The summed E-state index contributed by atoms with van der Waals surface area (Å²) in [5.41, 5.74) is 2.74. The monoisotopic (exact) mass is 440 g/mol. The van der Waals surface area contributed by atoms with E-state index in [9.17, 15) is 14.4 Å². The molecule has 4 amide bonds. The Labute approximate surface area is 186 Å². The standard InChI is InChI=1S/C23H25ClN4O3/c1-23(2)14-26(3)13-20(30)28(23)16-9-7-15(8-10-16)17-5-4-6-18(21(17)24)27-12-11-19(29)25-22(27)31/h4-10H,11-14H2,1-3H3,(H,25,29,31). The summed E-state index contributed by atoms with van der Waals surface area (Å²) in [4.78, 5) is 41.7. The largest absolute Gasteiger partial charge is 0.328 e. The number of hydrogen-bond donors (Lipinski definition) is 1. The molecular weight excluding hydrogens is 416 g/mol. The number of benzene rings is 2. The minimum Gasteiger partial charge on any atom is -0.304 e. The molecule has 2 aromatic carbocycles. The molecule has 0 aromatic heterocycles. The summed E-state index contributed by atoms with van der Waals surface area (Å²) in [6, 6.07) is 12.7. The molecule has 0 spiro atoms. The fourth-order valence-electron chi connectivity index (χ4n) is 4.46. The second-order valence-electron chi connectivity index (χ2n) is 8.65. The first-order valence-electron chi connectivity index (χ1n) is 10.2. The predicted octanol–water partition coefficient (Wildman–Crippen LogP) is 3.51. The van der Waals surface area contributed by atoms with Crippen molar-refractivity contribution in [3.05, 3.63) is 47.5 Å². The molecule has 0 unspecified atom stereocenters. The molecule has 0 saturated carbocycles. The van der Waals surface area contributed by atoms with E-state index in [-0.39, 0.29) is 30.3 Å². The topological polar surface area (TPSA) is 73.0 Å². The molecule has 2 aromatic rings. The molecule has 0 atom stereocenters. The van der Waals surface area contributed by atoms with Gasteiger partial charge in [-0.2, -0.15) is 0 Å². The van der Waals surface area contributed by atoms with Gasteiger partial charge in [-0.3, -0.25) is 24.7 Å².